The van der Waals surface area contributed by atoms with Gasteiger partial charge in [0, 0.05) is 19.6 Å². The van der Waals surface area contributed by atoms with Crippen molar-refractivity contribution < 1.29 is 9.90 Å². The molecule has 17 heavy (non-hydrogen) atoms. The Bertz CT molecular complexity index is 258. The number of carbonyl (C=O) groups is 1. The summed E-state index contributed by atoms with van der Waals surface area (Å²) in [6.45, 7) is 8.80. The molecule has 1 atom stereocenters. The van der Waals surface area contributed by atoms with Crippen molar-refractivity contribution in [2.45, 2.75) is 33.1 Å². The quantitative estimate of drug-likeness (QED) is 0.794. The first-order valence-corrected chi connectivity index (χ1v) is 6.62. The van der Waals surface area contributed by atoms with Crippen molar-refractivity contribution in [3.8, 4) is 0 Å². The minimum absolute atomic E-state index is 0.586. The van der Waals surface area contributed by atoms with Gasteiger partial charge >= 0.3 is 5.97 Å². The van der Waals surface area contributed by atoms with Crippen molar-refractivity contribution >= 4 is 5.97 Å². The average molecular weight is 242 g/mol. The van der Waals surface area contributed by atoms with Crippen molar-refractivity contribution in [2.75, 3.05) is 39.8 Å². The van der Waals surface area contributed by atoms with Crippen LogP contribution in [0.5, 0.6) is 0 Å². The molecule has 4 nitrogen and oxygen atoms in total. The fraction of sp³-hybridized carbons (Fsp3) is 0.923. The van der Waals surface area contributed by atoms with Gasteiger partial charge in [-0.15, -0.1) is 0 Å². The van der Waals surface area contributed by atoms with Gasteiger partial charge in [-0.2, -0.15) is 0 Å². The van der Waals surface area contributed by atoms with Gasteiger partial charge in [-0.05, 0) is 39.9 Å². The van der Waals surface area contributed by atoms with Crippen LogP contribution in [-0.2, 0) is 4.79 Å². The zero-order valence-corrected chi connectivity index (χ0v) is 11.4. The molecule has 1 heterocycles. The third-order valence-corrected chi connectivity index (χ3v) is 3.70. The van der Waals surface area contributed by atoms with E-state index in [4.69, 9.17) is 0 Å². The predicted octanol–water partition coefficient (Wildman–Crippen LogP) is 1.51. The zero-order chi connectivity index (χ0) is 12.9. The molecule has 0 saturated carbocycles. The number of aliphatic carboxylic acids is 1. The van der Waals surface area contributed by atoms with Gasteiger partial charge in [-0.3, -0.25) is 4.79 Å². The Morgan fingerprint density at radius 2 is 2.00 bits per heavy atom. The van der Waals surface area contributed by atoms with Gasteiger partial charge in [0.1, 0.15) is 0 Å². The number of carboxylic acid groups (broad SMARTS) is 1. The number of hydrogen-bond acceptors (Lipinski definition) is 3. The summed E-state index contributed by atoms with van der Waals surface area (Å²) in [5.41, 5.74) is -0.586. The third-order valence-electron chi connectivity index (χ3n) is 3.70. The molecule has 4 heteroatoms. The molecule has 0 aromatic carbocycles. The summed E-state index contributed by atoms with van der Waals surface area (Å²) < 4.78 is 0. The SMILES string of the molecule is CCCC(C)(CN1CCCN(C)CC1)C(=O)O. The van der Waals surface area contributed by atoms with Crippen LogP contribution in [0.1, 0.15) is 33.1 Å². The van der Waals surface area contributed by atoms with Crippen LogP contribution in [-0.4, -0.2) is 60.6 Å². The van der Waals surface area contributed by atoms with Crippen LogP contribution in [0.25, 0.3) is 0 Å². The van der Waals surface area contributed by atoms with Gasteiger partial charge in [-0.25, -0.2) is 0 Å². The normalized spacial score (nSPS) is 23.0. The van der Waals surface area contributed by atoms with E-state index in [1.54, 1.807) is 0 Å². The Kier molecular flexibility index (Phi) is 5.40. The molecule has 1 rings (SSSR count). The highest BCUT2D eigenvalue weighted by Gasteiger charge is 2.34. The minimum atomic E-state index is -0.656. The summed E-state index contributed by atoms with van der Waals surface area (Å²) in [6.07, 6.45) is 2.82. The van der Waals surface area contributed by atoms with Gasteiger partial charge in [0.05, 0.1) is 5.41 Å². The summed E-state index contributed by atoms with van der Waals surface area (Å²) in [4.78, 5) is 16.0. The highest BCUT2D eigenvalue weighted by atomic mass is 16.4. The van der Waals surface area contributed by atoms with Crippen LogP contribution in [0.4, 0.5) is 0 Å². The predicted molar refractivity (Wildman–Crippen MR) is 69.2 cm³/mol. The molecule has 0 aliphatic carbocycles. The van der Waals surface area contributed by atoms with Crippen LogP contribution in [0, 0.1) is 5.41 Å². The summed E-state index contributed by atoms with van der Waals surface area (Å²) in [7, 11) is 2.13. The summed E-state index contributed by atoms with van der Waals surface area (Å²) in [5, 5.41) is 9.38. The van der Waals surface area contributed by atoms with Crippen LogP contribution in [0.3, 0.4) is 0 Å². The number of carboxylic acids is 1. The fourth-order valence-corrected chi connectivity index (χ4v) is 2.56. The molecule has 1 unspecified atom stereocenters. The molecule has 1 N–H and O–H groups in total. The number of rotatable bonds is 5. The number of likely N-dealkylation sites (N-methyl/N-ethyl adjacent to an activating group) is 1. The highest BCUT2D eigenvalue weighted by molar-refractivity contribution is 5.74. The minimum Gasteiger partial charge on any atom is -0.481 e. The lowest BCUT2D eigenvalue weighted by molar-refractivity contribution is -0.149. The van der Waals surface area contributed by atoms with Gasteiger partial charge in [0.25, 0.3) is 0 Å². The van der Waals surface area contributed by atoms with E-state index in [9.17, 15) is 9.90 Å². The lowest BCUT2D eigenvalue weighted by Gasteiger charge is -2.31. The van der Waals surface area contributed by atoms with E-state index in [0.29, 0.717) is 6.54 Å². The molecular weight excluding hydrogens is 216 g/mol. The summed E-state index contributed by atoms with van der Waals surface area (Å²) >= 11 is 0. The Hall–Kier alpha value is -0.610. The molecule has 1 saturated heterocycles. The van der Waals surface area contributed by atoms with Crippen molar-refractivity contribution in [1.29, 1.82) is 0 Å². The second-order valence-electron chi connectivity index (χ2n) is 5.55. The Morgan fingerprint density at radius 1 is 1.29 bits per heavy atom. The largest absolute Gasteiger partial charge is 0.481 e. The van der Waals surface area contributed by atoms with Gasteiger partial charge in [-0.1, -0.05) is 13.3 Å². The second kappa shape index (κ2) is 6.36. The van der Waals surface area contributed by atoms with E-state index in [1.165, 1.54) is 0 Å². The molecule has 0 aromatic heterocycles. The standard InChI is InChI=1S/C13H26N2O2/c1-4-6-13(2,12(16)17)11-15-8-5-7-14(3)9-10-15/h4-11H2,1-3H3,(H,16,17). The van der Waals surface area contributed by atoms with Crippen molar-refractivity contribution in [3.05, 3.63) is 0 Å². The van der Waals surface area contributed by atoms with E-state index >= 15 is 0 Å². The van der Waals surface area contributed by atoms with Crippen molar-refractivity contribution in [3.63, 3.8) is 0 Å². The van der Waals surface area contributed by atoms with E-state index in [-0.39, 0.29) is 0 Å². The first kappa shape index (κ1) is 14.5. The van der Waals surface area contributed by atoms with E-state index in [1.807, 2.05) is 6.92 Å². The molecule has 0 bridgehead atoms. The van der Waals surface area contributed by atoms with Crippen LogP contribution in [0.15, 0.2) is 0 Å². The maximum Gasteiger partial charge on any atom is 0.310 e. The lowest BCUT2D eigenvalue weighted by Crippen LogP contribution is -2.42. The van der Waals surface area contributed by atoms with E-state index in [2.05, 4.69) is 23.8 Å². The fourth-order valence-electron chi connectivity index (χ4n) is 2.56. The first-order valence-electron chi connectivity index (χ1n) is 6.62. The molecular formula is C13H26N2O2. The molecule has 0 radical (unpaired) electrons. The summed E-state index contributed by atoms with van der Waals surface area (Å²) in [5.74, 6) is -0.656. The first-order chi connectivity index (χ1) is 7.98. The third kappa shape index (κ3) is 4.28. The Balaban J connectivity index is 2.57. The van der Waals surface area contributed by atoms with Crippen molar-refractivity contribution in [1.82, 2.24) is 9.80 Å². The van der Waals surface area contributed by atoms with Gasteiger partial charge in [0.2, 0.25) is 0 Å². The van der Waals surface area contributed by atoms with Crippen molar-refractivity contribution in [2.24, 2.45) is 5.41 Å². The molecule has 100 valence electrons. The molecule has 0 amide bonds. The molecule has 0 aromatic rings. The smallest absolute Gasteiger partial charge is 0.310 e. The zero-order valence-electron chi connectivity index (χ0n) is 11.4. The summed E-state index contributed by atoms with van der Waals surface area (Å²) in [6, 6.07) is 0. The van der Waals surface area contributed by atoms with Gasteiger partial charge < -0.3 is 14.9 Å². The lowest BCUT2D eigenvalue weighted by atomic mass is 9.85. The van der Waals surface area contributed by atoms with E-state index in [0.717, 1.165) is 45.4 Å². The Morgan fingerprint density at radius 3 is 2.59 bits per heavy atom. The molecule has 1 aliphatic rings. The topological polar surface area (TPSA) is 43.8 Å². The Labute approximate surface area is 105 Å². The molecule has 1 fully saturated rings. The van der Waals surface area contributed by atoms with Crippen LogP contribution < -0.4 is 0 Å². The molecule has 1 aliphatic heterocycles. The molecule has 0 spiro atoms. The maximum absolute atomic E-state index is 11.4. The van der Waals surface area contributed by atoms with Crippen LogP contribution >= 0.6 is 0 Å². The second-order valence-corrected chi connectivity index (χ2v) is 5.55. The number of nitrogens with zero attached hydrogens (tertiary/aromatic N) is 2. The van der Waals surface area contributed by atoms with E-state index < -0.39 is 11.4 Å². The maximum atomic E-state index is 11.4. The average Bonchev–Trinajstić information content (AvgIpc) is 2.44. The highest BCUT2D eigenvalue weighted by Crippen LogP contribution is 2.25. The van der Waals surface area contributed by atoms with Crippen LogP contribution in [0.2, 0.25) is 0 Å². The number of hydrogen-bond donors (Lipinski definition) is 1. The monoisotopic (exact) mass is 242 g/mol. The van der Waals surface area contributed by atoms with Gasteiger partial charge in [0.15, 0.2) is 0 Å².